The summed E-state index contributed by atoms with van der Waals surface area (Å²) < 4.78 is 69.1. The standard InChI is InChI=1S/C11H7F5O3.C2H6/c1-2-19-5(18)3-4(17)6-7(12)9(14)11(16)10(15)8(6)13;1-2/h2-3H2,1H3;1-2H3. The highest BCUT2D eigenvalue weighted by atomic mass is 19.2. The highest BCUT2D eigenvalue weighted by Gasteiger charge is 2.30. The number of hydrogen-bond donors (Lipinski definition) is 0. The van der Waals surface area contributed by atoms with E-state index in [-0.39, 0.29) is 6.61 Å². The van der Waals surface area contributed by atoms with Crippen LogP contribution in [-0.2, 0) is 9.53 Å². The van der Waals surface area contributed by atoms with E-state index in [4.69, 9.17) is 0 Å². The quantitative estimate of drug-likeness (QED) is 0.213. The van der Waals surface area contributed by atoms with Gasteiger partial charge in [0.2, 0.25) is 5.82 Å². The topological polar surface area (TPSA) is 43.4 Å². The molecule has 0 saturated carbocycles. The summed E-state index contributed by atoms with van der Waals surface area (Å²) in [5.74, 6) is -14.1. The van der Waals surface area contributed by atoms with Crippen molar-refractivity contribution >= 4 is 11.8 Å². The molecule has 0 radical (unpaired) electrons. The van der Waals surface area contributed by atoms with E-state index < -0.39 is 52.8 Å². The van der Waals surface area contributed by atoms with E-state index in [9.17, 15) is 31.5 Å². The molecular formula is C13H13F5O3. The van der Waals surface area contributed by atoms with Crippen molar-refractivity contribution in [3.8, 4) is 0 Å². The highest BCUT2D eigenvalue weighted by Crippen LogP contribution is 2.24. The van der Waals surface area contributed by atoms with Gasteiger partial charge in [0.25, 0.3) is 0 Å². The monoisotopic (exact) mass is 312 g/mol. The third kappa shape index (κ3) is 4.24. The molecule has 0 spiro atoms. The van der Waals surface area contributed by atoms with Crippen molar-refractivity contribution in [2.75, 3.05) is 6.61 Å². The molecule has 1 aromatic carbocycles. The molecule has 0 fully saturated rings. The summed E-state index contributed by atoms with van der Waals surface area (Å²) in [6.07, 6.45) is -1.12. The first kappa shape index (κ1) is 19.0. The number of benzene rings is 1. The SMILES string of the molecule is CC.CCOC(=O)CC(=O)c1c(F)c(F)c(F)c(F)c1F. The minimum atomic E-state index is -2.37. The summed E-state index contributed by atoms with van der Waals surface area (Å²) in [4.78, 5) is 22.3. The molecule has 0 saturated heterocycles. The van der Waals surface area contributed by atoms with Crippen molar-refractivity contribution < 1.29 is 36.3 Å². The van der Waals surface area contributed by atoms with E-state index >= 15 is 0 Å². The number of rotatable bonds is 4. The summed E-state index contributed by atoms with van der Waals surface area (Å²) in [6, 6.07) is 0. The molecule has 0 bridgehead atoms. The van der Waals surface area contributed by atoms with Crippen molar-refractivity contribution in [2.45, 2.75) is 27.2 Å². The number of Topliss-reactive ketones (excluding diaryl/α,β-unsaturated/α-hetero) is 1. The molecule has 1 rings (SSSR count). The molecule has 0 aromatic heterocycles. The largest absolute Gasteiger partial charge is 0.466 e. The van der Waals surface area contributed by atoms with Crippen LogP contribution in [0.4, 0.5) is 22.0 Å². The van der Waals surface area contributed by atoms with Gasteiger partial charge in [-0.1, -0.05) is 13.8 Å². The van der Waals surface area contributed by atoms with Crippen LogP contribution in [-0.4, -0.2) is 18.4 Å². The first-order chi connectivity index (χ1) is 9.81. The summed E-state index contributed by atoms with van der Waals surface area (Å²) in [5.41, 5.74) is -1.65. The second-order valence-corrected chi connectivity index (χ2v) is 3.35. The average Bonchev–Trinajstić information content (AvgIpc) is 2.45. The zero-order valence-corrected chi connectivity index (χ0v) is 11.5. The van der Waals surface area contributed by atoms with Crippen LogP contribution >= 0.6 is 0 Å². The van der Waals surface area contributed by atoms with Gasteiger partial charge in [-0.05, 0) is 6.92 Å². The summed E-state index contributed by atoms with van der Waals surface area (Å²) in [7, 11) is 0. The van der Waals surface area contributed by atoms with Crippen LogP contribution in [0.15, 0.2) is 0 Å². The Labute approximate surface area is 117 Å². The van der Waals surface area contributed by atoms with Crippen molar-refractivity contribution in [2.24, 2.45) is 0 Å². The molecule has 3 nitrogen and oxygen atoms in total. The van der Waals surface area contributed by atoms with Gasteiger partial charge in [-0.2, -0.15) is 0 Å². The molecular weight excluding hydrogens is 299 g/mol. The molecule has 0 aliphatic carbocycles. The van der Waals surface area contributed by atoms with Gasteiger partial charge in [-0.15, -0.1) is 0 Å². The third-order valence-corrected chi connectivity index (χ3v) is 2.10. The van der Waals surface area contributed by atoms with Crippen LogP contribution in [0.3, 0.4) is 0 Å². The maximum atomic E-state index is 13.2. The van der Waals surface area contributed by atoms with Crippen LogP contribution in [0, 0.1) is 29.1 Å². The molecule has 0 N–H and O–H groups in total. The predicted octanol–water partition coefficient (Wildman–Crippen LogP) is 3.54. The van der Waals surface area contributed by atoms with E-state index in [2.05, 4.69) is 4.74 Å². The van der Waals surface area contributed by atoms with Gasteiger partial charge >= 0.3 is 5.97 Å². The number of halogens is 5. The van der Waals surface area contributed by atoms with E-state index in [0.717, 1.165) is 0 Å². The van der Waals surface area contributed by atoms with Crippen molar-refractivity contribution in [3.63, 3.8) is 0 Å². The van der Waals surface area contributed by atoms with Gasteiger partial charge in [0.15, 0.2) is 29.1 Å². The number of ether oxygens (including phenoxy) is 1. The lowest BCUT2D eigenvalue weighted by molar-refractivity contribution is -0.141. The molecule has 0 heterocycles. The predicted molar refractivity (Wildman–Crippen MR) is 63.2 cm³/mol. The fraction of sp³-hybridized carbons (Fsp3) is 0.385. The number of carbonyl (C=O) groups is 2. The van der Waals surface area contributed by atoms with E-state index in [1.807, 2.05) is 13.8 Å². The maximum absolute atomic E-state index is 13.2. The number of ketones is 1. The lowest BCUT2D eigenvalue weighted by Crippen LogP contribution is -2.17. The van der Waals surface area contributed by atoms with Crippen LogP contribution in [0.25, 0.3) is 0 Å². The van der Waals surface area contributed by atoms with Gasteiger partial charge in [-0.3, -0.25) is 9.59 Å². The Morgan fingerprint density at radius 1 is 0.857 bits per heavy atom. The number of esters is 1. The molecule has 21 heavy (non-hydrogen) atoms. The molecule has 0 unspecified atom stereocenters. The smallest absolute Gasteiger partial charge is 0.313 e. The van der Waals surface area contributed by atoms with Gasteiger partial charge in [-0.25, -0.2) is 22.0 Å². The summed E-state index contributed by atoms with van der Waals surface area (Å²) in [6.45, 7) is 5.32. The zero-order chi connectivity index (χ0) is 16.7. The second-order valence-electron chi connectivity index (χ2n) is 3.35. The molecule has 0 aliphatic rings. The Bertz CT molecular complexity index is 514. The Morgan fingerprint density at radius 2 is 1.24 bits per heavy atom. The fourth-order valence-electron chi connectivity index (χ4n) is 1.28. The molecule has 0 aliphatic heterocycles. The summed E-state index contributed by atoms with van der Waals surface area (Å²) >= 11 is 0. The normalized spacial score (nSPS) is 9.71. The Morgan fingerprint density at radius 3 is 1.62 bits per heavy atom. The van der Waals surface area contributed by atoms with Gasteiger partial charge < -0.3 is 4.74 Å². The van der Waals surface area contributed by atoms with Gasteiger partial charge in [0.05, 0.1) is 12.2 Å². The zero-order valence-electron chi connectivity index (χ0n) is 11.5. The van der Waals surface area contributed by atoms with Crippen LogP contribution in [0.1, 0.15) is 37.6 Å². The first-order valence-electron chi connectivity index (χ1n) is 6.01. The Hall–Kier alpha value is -1.99. The molecule has 8 heteroatoms. The van der Waals surface area contributed by atoms with Crippen LogP contribution in [0.2, 0.25) is 0 Å². The van der Waals surface area contributed by atoms with Crippen molar-refractivity contribution in [3.05, 3.63) is 34.6 Å². The Kier molecular flexibility index (Phi) is 7.54. The molecule has 1 aromatic rings. The first-order valence-corrected chi connectivity index (χ1v) is 6.01. The molecule has 0 atom stereocenters. The highest BCUT2D eigenvalue weighted by molar-refractivity contribution is 6.06. The minimum absolute atomic E-state index is 0.0940. The summed E-state index contributed by atoms with van der Waals surface area (Å²) in [5, 5.41) is 0. The number of carbonyl (C=O) groups excluding carboxylic acids is 2. The average molecular weight is 312 g/mol. The lowest BCUT2D eigenvalue weighted by Gasteiger charge is -2.07. The number of hydrogen-bond acceptors (Lipinski definition) is 3. The van der Waals surface area contributed by atoms with Crippen molar-refractivity contribution in [1.82, 2.24) is 0 Å². The van der Waals surface area contributed by atoms with Crippen LogP contribution in [0.5, 0.6) is 0 Å². The van der Waals surface area contributed by atoms with Gasteiger partial charge in [0.1, 0.15) is 6.42 Å². The van der Waals surface area contributed by atoms with E-state index in [1.54, 1.807) is 0 Å². The minimum Gasteiger partial charge on any atom is -0.466 e. The van der Waals surface area contributed by atoms with Crippen LogP contribution < -0.4 is 0 Å². The second kappa shape index (κ2) is 8.33. The Balaban J connectivity index is 0.00000191. The fourth-order valence-corrected chi connectivity index (χ4v) is 1.28. The van der Waals surface area contributed by atoms with Crippen molar-refractivity contribution in [1.29, 1.82) is 0 Å². The van der Waals surface area contributed by atoms with E-state index in [1.165, 1.54) is 6.92 Å². The third-order valence-electron chi connectivity index (χ3n) is 2.10. The van der Waals surface area contributed by atoms with Gasteiger partial charge in [0, 0.05) is 0 Å². The van der Waals surface area contributed by atoms with E-state index in [0.29, 0.717) is 0 Å². The maximum Gasteiger partial charge on any atom is 0.313 e. The lowest BCUT2D eigenvalue weighted by atomic mass is 10.1. The molecule has 118 valence electrons. The molecule has 0 amide bonds.